The number of amides is 2. The van der Waals surface area contributed by atoms with Crippen LogP contribution in [0, 0.1) is 17.3 Å². The van der Waals surface area contributed by atoms with E-state index in [4.69, 9.17) is 4.74 Å². The maximum Gasteiger partial charge on any atom is 0.236 e. The van der Waals surface area contributed by atoms with Gasteiger partial charge in [-0.15, -0.1) is 0 Å². The van der Waals surface area contributed by atoms with E-state index >= 15 is 0 Å². The zero-order valence-electron chi connectivity index (χ0n) is 23.1. The van der Waals surface area contributed by atoms with Crippen molar-refractivity contribution >= 4 is 11.8 Å². The van der Waals surface area contributed by atoms with Gasteiger partial charge < -0.3 is 19.9 Å². The van der Waals surface area contributed by atoms with E-state index in [2.05, 4.69) is 54.1 Å². The first kappa shape index (κ1) is 27.6. The average Bonchev–Trinajstić information content (AvgIpc) is 3.35. The molecule has 204 valence electrons. The molecule has 3 aliphatic heterocycles. The fourth-order valence-electron chi connectivity index (χ4n) is 5.91. The van der Waals surface area contributed by atoms with E-state index in [1.165, 1.54) is 12.8 Å². The molecule has 0 spiro atoms. The van der Waals surface area contributed by atoms with Crippen molar-refractivity contribution in [3.63, 3.8) is 0 Å². The first-order valence-corrected chi connectivity index (χ1v) is 14.1. The van der Waals surface area contributed by atoms with Gasteiger partial charge in [0.25, 0.3) is 0 Å². The molecule has 0 unspecified atom stereocenters. The summed E-state index contributed by atoms with van der Waals surface area (Å²) in [5, 5.41) is 3.14. The average molecular weight is 511 g/mol. The monoisotopic (exact) mass is 510 g/mol. The highest BCUT2D eigenvalue weighted by Gasteiger charge is 2.32. The van der Waals surface area contributed by atoms with Gasteiger partial charge in [0.05, 0.1) is 6.54 Å². The molecule has 0 aliphatic carbocycles. The number of hydrogen-bond acceptors (Lipinski definition) is 5. The van der Waals surface area contributed by atoms with Crippen LogP contribution in [0.2, 0.25) is 0 Å². The molecule has 37 heavy (non-hydrogen) atoms. The summed E-state index contributed by atoms with van der Waals surface area (Å²) in [6.07, 6.45) is 8.14. The van der Waals surface area contributed by atoms with Gasteiger partial charge in [-0.2, -0.15) is 0 Å². The molecule has 2 fully saturated rings. The largest absolute Gasteiger partial charge is 0.489 e. The molecule has 4 rings (SSSR count). The fraction of sp³-hybridized carbons (Fsp3) is 0.667. The van der Waals surface area contributed by atoms with Crippen LogP contribution in [-0.2, 0) is 16.1 Å². The number of piperidine rings is 1. The highest BCUT2D eigenvalue weighted by molar-refractivity contribution is 5.79. The maximum atomic E-state index is 13.5. The highest BCUT2D eigenvalue weighted by Crippen LogP contribution is 2.29. The molecule has 1 aromatic rings. The predicted octanol–water partition coefficient (Wildman–Crippen LogP) is 3.55. The molecule has 0 saturated carbocycles. The van der Waals surface area contributed by atoms with Gasteiger partial charge in [-0.1, -0.05) is 51.1 Å². The standard InChI is InChI=1S/C30H46N4O3/c1-30(2,3)23-33-20-26-9-4-5-11-27(26)37-18-8-10-25-21-34(29(36)22-33)16-12-24(25)19-28(35)31-13-17-32-14-6-7-15-32/h4-5,8-11,24-25H,6-7,12-23H2,1-3H3,(H,31,35)/b10-8-/t24-,25-/m0/s1. The Labute approximate surface area is 223 Å². The number of likely N-dealkylation sites (tertiary alicyclic amines) is 1. The van der Waals surface area contributed by atoms with Crippen LogP contribution < -0.4 is 10.1 Å². The van der Waals surface area contributed by atoms with Crippen LogP contribution in [0.3, 0.4) is 0 Å². The van der Waals surface area contributed by atoms with E-state index in [-0.39, 0.29) is 29.1 Å². The lowest BCUT2D eigenvalue weighted by Crippen LogP contribution is -2.48. The molecular weight excluding hydrogens is 464 g/mol. The van der Waals surface area contributed by atoms with E-state index in [1.54, 1.807) is 0 Å². The molecule has 2 atom stereocenters. The minimum atomic E-state index is 0.0727. The first-order valence-electron chi connectivity index (χ1n) is 14.1. The van der Waals surface area contributed by atoms with Crippen LogP contribution in [0.1, 0.15) is 52.0 Å². The van der Waals surface area contributed by atoms with Gasteiger partial charge in [-0.3, -0.25) is 14.5 Å². The van der Waals surface area contributed by atoms with Crippen LogP contribution >= 0.6 is 0 Å². The predicted molar refractivity (Wildman–Crippen MR) is 147 cm³/mol. The Morgan fingerprint density at radius 2 is 1.86 bits per heavy atom. The summed E-state index contributed by atoms with van der Waals surface area (Å²) >= 11 is 0. The second kappa shape index (κ2) is 12.9. The lowest BCUT2D eigenvalue weighted by Gasteiger charge is -2.38. The first-order chi connectivity index (χ1) is 17.8. The number of nitrogens with one attached hydrogen (secondary N) is 1. The number of fused-ring (bicyclic) bond motifs is 3. The summed E-state index contributed by atoms with van der Waals surface area (Å²) in [7, 11) is 0. The zero-order chi connectivity index (χ0) is 26.3. The summed E-state index contributed by atoms with van der Waals surface area (Å²) in [5.41, 5.74) is 1.18. The van der Waals surface area contributed by atoms with E-state index in [1.807, 2.05) is 23.1 Å². The summed E-state index contributed by atoms with van der Waals surface area (Å²) in [6.45, 7) is 14.3. The van der Waals surface area contributed by atoms with Crippen LogP contribution in [0.4, 0.5) is 0 Å². The van der Waals surface area contributed by atoms with Crippen molar-refractivity contribution in [2.75, 3.05) is 59.0 Å². The summed E-state index contributed by atoms with van der Waals surface area (Å²) in [4.78, 5) is 32.9. The molecule has 0 radical (unpaired) electrons. The molecule has 0 aromatic heterocycles. The van der Waals surface area contributed by atoms with Gasteiger partial charge >= 0.3 is 0 Å². The third-order valence-corrected chi connectivity index (χ3v) is 7.70. The Balaban J connectivity index is 1.43. The summed E-state index contributed by atoms with van der Waals surface area (Å²) in [6, 6.07) is 8.13. The van der Waals surface area contributed by atoms with Gasteiger partial charge in [0.15, 0.2) is 0 Å². The molecular formula is C30H46N4O3. The molecule has 1 aromatic carbocycles. The Morgan fingerprint density at radius 1 is 1.08 bits per heavy atom. The SMILES string of the molecule is CC(C)(C)CN1CC(=O)N2CC[C@@H](CC(=O)NCCN3CCCC3)[C@@H](/C=C\COc3ccccc3C1)C2. The van der Waals surface area contributed by atoms with Crippen molar-refractivity contribution < 1.29 is 14.3 Å². The van der Waals surface area contributed by atoms with Gasteiger partial charge in [0, 0.05) is 51.3 Å². The van der Waals surface area contributed by atoms with Crippen LogP contribution in [0.15, 0.2) is 36.4 Å². The highest BCUT2D eigenvalue weighted by atomic mass is 16.5. The molecule has 3 aliphatic rings. The van der Waals surface area contributed by atoms with E-state index < -0.39 is 0 Å². The third kappa shape index (κ3) is 8.57. The topological polar surface area (TPSA) is 65.1 Å². The normalized spacial score (nSPS) is 24.8. The quantitative estimate of drug-likeness (QED) is 0.593. The Bertz CT molecular complexity index is 935. The molecule has 2 saturated heterocycles. The van der Waals surface area contributed by atoms with Crippen molar-refractivity contribution in [1.82, 2.24) is 20.0 Å². The molecule has 2 bridgehead atoms. The molecule has 1 N–H and O–H groups in total. The smallest absolute Gasteiger partial charge is 0.236 e. The molecule has 3 heterocycles. The molecule has 2 amide bonds. The Morgan fingerprint density at radius 3 is 2.65 bits per heavy atom. The van der Waals surface area contributed by atoms with Crippen LogP contribution in [0.25, 0.3) is 0 Å². The van der Waals surface area contributed by atoms with Gasteiger partial charge in [0.1, 0.15) is 12.4 Å². The molecule has 7 nitrogen and oxygen atoms in total. The van der Waals surface area contributed by atoms with Crippen LogP contribution in [-0.4, -0.2) is 85.5 Å². The number of carbonyl (C=O) groups excluding carboxylic acids is 2. The van der Waals surface area contributed by atoms with Crippen molar-refractivity contribution in [2.45, 2.75) is 53.0 Å². The fourth-order valence-corrected chi connectivity index (χ4v) is 5.91. The Kier molecular flexibility index (Phi) is 9.65. The number of benzene rings is 1. The van der Waals surface area contributed by atoms with Gasteiger partial charge in [-0.25, -0.2) is 0 Å². The maximum absolute atomic E-state index is 13.5. The summed E-state index contributed by atoms with van der Waals surface area (Å²) in [5.74, 6) is 1.55. The number of rotatable bonds is 6. The lowest BCUT2D eigenvalue weighted by molar-refractivity contribution is -0.135. The minimum Gasteiger partial charge on any atom is -0.489 e. The lowest BCUT2D eigenvalue weighted by atomic mass is 9.82. The molecule has 7 heteroatoms. The number of nitrogens with zero attached hydrogens (tertiary/aromatic N) is 3. The minimum absolute atomic E-state index is 0.0727. The van der Waals surface area contributed by atoms with E-state index in [0.29, 0.717) is 45.8 Å². The second-order valence-corrected chi connectivity index (χ2v) is 12.2. The van der Waals surface area contributed by atoms with Crippen molar-refractivity contribution in [1.29, 1.82) is 0 Å². The van der Waals surface area contributed by atoms with Crippen molar-refractivity contribution in [3.05, 3.63) is 42.0 Å². The Hall–Kier alpha value is -2.38. The van der Waals surface area contributed by atoms with E-state index in [9.17, 15) is 9.59 Å². The van der Waals surface area contributed by atoms with Gasteiger partial charge in [-0.05, 0) is 55.7 Å². The third-order valence-electron chi connectivity index (χ3n) is 7.70. The number of para-hydroxylation sites is 1. The van der Waals surface area contributed by atoms with Gasteiger partial charge in [0.2, 0.25) is 11.8 Å². The van der Waals surface area contributed by atoms with E-state index in [0.717, 1.165) is 43.9 Å². The number of carbonyl (C=O) groups is 2. The van der Waals surface area contributed by atoms with Crippen LogP contribution in [0.5, 0.6) is 5.75 Å². The van der Waals surface area contributed by atoms with Crippen molar-refractivity contribution in [2.24, 2.45) is 17.3 Å². The number of hydrogen-bond donors (Lipinski definition) is 1. The summed E-state index contributed by atoms with van der Waals surface area (Å²) < 4.78 is 6.17. The second-order valence-electron chi connectivity index (χ2n) is 12.2. The number of ether oxygens (including phenoxy) is 1. The van der Waals surface area contributed by atoms with Crippen molar-refractivity contribution in [3.8, 4) is 5.75 Å². The zero-order valence-corrected chi connectivity index (χ0v) is 23.1.